The van der Waals surface area contributed by atoms with E-state index < -0.39 is 0 Å². The van der Waals surface area contributed by atoms with Crippen LogP contribution < -0.4 is 4.74 Å². The summed E-state index contributed by atoms with van der Waals surface area (Å²) < 4.78 is 5.80. The van der Waals surface area contributed by atoms with Gasteiger partial charge in [0.2, 0.25) is 0 Å². The molecule has 0 saturated heterocycles. The van der Waals surface area contributed by atoms with Gasteiger partial charge in [0, 0.05) is 35.5 Å². The van der Waals surface area contributed by atoms with Crippen molar-refractivity contribution in [2.75, 3.05) is 7.11 Å². The van der Waals surface area contributed by atoms with E-state index in [-0.39, 0.29) is 5.41 Å². The van der Waals surface area contributed by atoms with Crippen molar-refractivity contribution in [3.63, 3.8) is 0 Å². The normalized spacial score (nSPS) is 18.6. The number of aliphatic imine (C=N–C) groups is 1. The van der Waals surface area contributed by atoms with Crippen LogP contribution in [0.1, 0.15) is 54.9 Å². The number of allylic oxidation sites excluding steroid dienone is 2. The van der Waals surface area contributed by atoms with E-state index in [0.29, 0.717) is 6.42 Å². The van der Waals surface area contributed by atoms with Crippen LogP contribution in [0.15, 0.2) is 35.6 Å². The maximum absolute atomic E-state index is 9.82. The summed E-state index contributed by atoms with van der Waals surface area (Å²) in [5.41, 5.74) is 8.60. The molecule has 4 nitrogen and oxygen atoms in total. The van der Waals surface area contributed by atoms with Crippen molar-refractivity contribution >= 4 is 22.5 Å². The minimum absolute atomic E-state index is 0.130. The molecule has 0 unspecified atom stereocenters. The lowest BCUT2D eigenvalue weighted by molar-refractivity contribution is 0.341. The molecule has 2 aromatic rings. The first kappa shape index (κ1) is 16.3. The number of ether oxygens (including phenoxy) is 1. The average Bonchev–Trinajstić information content (AvgIpc) is 3.21. The Morgan fingerprint density at radius 1 is 1.26 bits per heavy atom. The zero-order valence-corrected chi connectivity index (χ0v) is 15.7. The lowest BCUT2D eigenvalue weighted by atomic mass is 9.62. The van der Waals surface area contributed by atoms with E-state index >= 15 is 0 Å². The van der Waals surface area contributed by atoms with E-state index in [1.165, 1.54) is 30.5 Å². The Hall–Kier alpha value is -2.93. The van der Waals surface area contributed by atoms with E-state index in [9.17, 15) is 5.26 Å². The zero-order chi connectivity index (χ0) is 18.6. The van der Waals surface area contributed by atoms with Crippen LogP contribution in [-0.2, 0) is 11.8 Å². The molecule has 1 spiro atoms. The Bertz CT molecular complexity index is 1070. The van der Waals surface area contributed by atoms with Crippen LogP contribution in [0, 0.1) is 11.3 Å². The van der Waals surface area contributed by atoms with Gasteiger partial charge in [0.1, 0.15) is 11.8 Å². The van der Waals surface area contributed by atoms with Gasteiger partial charge in [-0.15, -0.1) is 0 Å². The van der Waals surface area contributed by atoms with Crippen LogP contribution in [0.2, 0.25) is 0 Å². The summed E-state index contributed by atoms with van der Waals surface area (Å²) >= 11 is 0. The molecule has 5 rings (SSSR count). The Kier molecular flexibility index (Phi) is 3.48. The summed E-state index contributed by atoms with van der Waals surface area (Å²) in [6, 6.07) is 8.66. The molecule has 1 aliphatic heterocycles. The molecule has 1 aromatic heterocycles. The first-order chi connectivity index (χ1) is 13.2. The average molecular weight is 355 g/mol. The highest BCUT2D eigenvalue weighted by atomic mass is 16.5. The number of hydrogen-bond donors (Lipinski definition) is 0. The number of hydrogen-bond acceptors (Lipinski definition) is 4. The molecular weight excluding hydrogens is 334 g/mol. The number of rotatable bonds is 3. The second-order valence-corrected chi connectivity index (χ2v) is 7.59. The zero-order valence-electron chi connectivity index (χ0n) is 15.7. The molecule has 1 fully saturated rings. The van der Waals surface area contributed by atoms with Crippen molar-refractivity contribution in [1.29, 1.82) is 5.26 Å². The molecule has 1 saturated carbocycles. The molecule has 0 radical (unpaired) electrons. The standard InChI is InChI=1S/C23H21N3O/c1-3-22-23(6-4-7-23)19-11-21(27-2)17(10-20(19)26-22)16-9-14-13-25-8-5-15(14)18(16)12-24/h5,8,10-11,13H,3-4,6-7,9H2,1-2H3. The molecule has 4 heteroatoms. The van der Waals surface area contributed by atoms with Crippen LogP contribution >= 0.6 is 0 Å². The Morgan fingerprint density at radius 3 is 2.78 bits per heavy atom. The van der Waals surface area contributed by atoms with E-state index in [4.69, 9.17) is 9.73 Å². The van der Waals surface area contributed by atoms with Crippen molar-refractivity contribution in [3.8, 4) is 11.8 Å². The van der Waals surface area contributed by atoms with Gasteiger partial charge in [0.25, 0.3) is 0 Å². The second kappa shape index (κ2) is 5.79. The molecule has 2 heterocycles. The molecule has 134 valence electrons. The summed E-state index contributed by atoms with van der Waals surface area (Å²) in [6.45, 7) is 2.19. The van der Waals surface area contributed by atoms with Crippen molar-refractivity contribution in [2.24, 2.45) is 4.99 Å². The summed E-state index contributed by atoms with van der Waals surface area (Å²) in [5, 5.41) is 9.82. The minimum atomic E-state index is 0.130. The molecule has 0 bridgehead atoms. The monoisotopic (exact) mass is 355 g/mol. The smallest absolute Gasteiger partial charge is 0.126 e. The van der Waals surface area contributed by atoms with Crippen LogP contribution in [0.4, 0.5) is 5.69 Å². The van der Waals surface area contributed by atoms with Crippen LogP contribution in [0.5, 0.6) is 5.75 Å². The fraction of sp³-hybridized carbons (Fsp3) is 0.348. The van der Waals surface area contributed by atoms with Crippen molar-refractivity contribution in [2.45, 2.75) is 44.4 Å². The molecular formula is C23H21N3O. The number of methoxy groups -OCH3 is 1. The first-order valence-corrected chi connectivity index (χ1v) is 9.59. The number of fused-ring (bicyclic) bond motifs is 3. The van der Waals surface area contributed by atoms with Gasteiger partial charge >= 0.3 is 0 Å². The molecule has 1 aromatic carbocycles. The second-order valence-electron chi connectivity index (χ2n) is 7.59. The highest BCUT2D eigenvalue weighted by molar-refractivity contribution is 6.06. The summed E-state index contributed by atoms with van der Waals surface area (Å²) in [5.74, 6) is 0.844. The number of nitriles is 1. The topological polar surface area (TPSA) is 58.3 Å². The predicted molar refractivity (Wildman–Crippen MR) is 106 cm³/mol. The summed E-state index contributed by atoms with van der Waals surface area (Å²) in [4.78, 5) is 9.22. The number of nitrogens with zero attached hydrogens (tertiary/aromatic N) is 3. The molecule has 0 N–H and O–H groups in total. The third-order valence-corrected chi connectivity index (χ3v) is 6.46. The fourth-order valence-electron chi connectivity index (χ4n) is 4.97. The lowest BCUT2D eigenvalue weighted by Crippen LogP contribution is -2.39. The van der Waals surface area contributed by atoms with Crippen LogP contribution in [0.3, 0.4) is 0 Å². The maximum atomic E-state index is 9.82. The Balaban J connectivity index is 1.70. The van der Waals surface area contributed by atoms with Crippen molar-refractivity contribution in [3.05, 3.63) is 52.8 Å². The molecule has 2 aliphatic carbocycles. The van der Waals surface area contributed by atoms with Gasteiger partial charge in [-0.1, -0.05) is 13.3 Å². The number of benzene rings is 1. The first-order valence-electron chi connectivity index (χ1n) is 9.59. The third kappa shape index (κ3) is 2.09. The maximum Gasteiger partial charge on any atom is 0.126 e. The Labute approximate surface area is 159 Å². The van der Waals surface area contributed by atoms with Crippen LogP contribution in [0.25, 0.3) is 11.1 Å². The number of pyridine rings is 1. The molecule has 0 amide bonds. The van der Waals surface area contributed by atoms with Gasteiger partial charge in [0.05, 0.1) is 18.4 Å². The van der Waals surface area contributed by atoms with Gasteiger partial charge in [0.15, 0.2) is 0 Å². The van der Waals surface area contributed by atoms with Gasteiger partial charge in [-0.2, -0.15) is 5.26 Å². The third-order valence-electron chi connectivity index (χ3n) is 6.46. The predicted octanol–water partition coefficient (Wildman–Crippen LogP) is 5.00. The minimum Gasteiger partial charge on any atom is -0.496 e. The van der Waals surface area contributed by atoms with E-state index in [2.05, 4.69) is 30.1 Å². The van der Waals surface area contributed by atoms with Gasteiger partial charge < -0.3 is 4.74 Å². The highest BCUT2D eigenvalue weighted by Crippen LogP contribution is 2.55. The largest absolute Gasteiger partial charge is 0.496 e. The highest BCUT2D eigenvalue weighted by Gasteiger charge is 2.47. The molecule has 27 heavy (non-hydrogen) atoms. The lowest BCUT2D eigenvalue weighted by Gasteiger charge is -2.40. The number of aromatic nitrogens is 1. The van der Waals surface area contributed by atoms with Crippen molar-refractivity contribution < 1.29 is 4.74 Å². The quantitative estimate of drug-likeness (QED) is 0.778. The van der Waals surface area contributed by atoms with Gasteiger partial charge in [-0.05, 0) is 59.7 Å². The van der Waals surface area contributed by atoms with Gasteiger partial charge in [-0.25, -0.2) is 0 Å². The Morgan fingerprint density at radius 2 is 2.11 bits per heavy atom. The summed E-state index contributed by atoms with van der Waals surface area (Å²) in [6.07, 6.45) is 8.91. The van der Waals surface area contributed by atoms with Crippen molar-refractivity contribution in [1.82, 2.24) is 4.98 Å². The molecule has 3 aliphatic rings. The summed E-state index contributed by atoms with van der Waals surface area (Å²) in [7, 11) is 1.71. The van der Waals surface area contributed by atoms with E-state index in [0.717, 1.165) is 45.7 Å². The van der Waals surface area contributed by atoms with E-state index in [1.807, 2.05) is 12.3 Å². The van der Waals surface area contributed by atoms with Gasteiger partial charge in [-0.3, -0.25) is 9.98 Å². The fourth-order valence-corrected chi connectivity index (χ4v) is 4.97. The SMILES string of the molecule is CCC1=Nc2cc(C3=C(C#N)c4ccncc4C3)c(OC)cc2C12CCC2. The molecule has 0 atom stereocenters. The van der Waals surface area contributed by atoms with E-state index in [1.54, 1.807) is 13.3 Å². The van der Waals surface area contributed by atoms with Crippen LogP contribution in [-0.4, -0.2) is 17.8 Å².